The lowest BCUT2D eigenvalue weighted by atomic mass is 9.69. The number of ether oxygens (including phenoxy) is 1. The average Bonchev–Trinajstić information content (AvgIpc) is 2.28. The Labute approximate surface area is 112 Å². The molecular weight excluding hydrogens is 226 g/mol. The first-order valence-electron chi connectivity index (χ1n) is 7.35. The number of aliphatic hydroxyl groups is 1. The van der Waals surface area contributed by atoms with Crippen molar-refractivity contribution in [1.82, 2.24) is 5.32 Å². The van der Waals surface area contributed by atoms with Gasteiger partial charge in [0.15, 0.2) is 0 Å². The molecule has 18 heavy (non-hydrogen) atoms. The molecule has 0 aliphatic heterocycles. The molecule has 2 N–H and O–H groups in total. The summed E-state index contributed by atoms with van der Waals surface area (Å²) in [6.45, 7) is 8.36. The van der Waals surface area contributed by atoms with Crippen molar-refractivity contribution in [3.8, 4) is 0 Å². The van der Waals surface area contributed by atoms with Gasteiger partial charge in [-0.2, -0.15) is 0 Å². The van der Waals surface area contributed by atoms with Crippen LogP contribution in [0.1, 0.15) is 52.9 Å². The van der Waals surface area contributed by atoms with E-state index in [0.717, 1.165) is 18.9 Å². The van der Waals surface area contributed by atoms with Gasteiger partial charge in [-0.1, -0.05) is 33.6 Å². The molecule has 0 amide bonds. The predicted octanol–water partition coefficient (Wildman–Crippen LogP) is 2.58. The molecular formula is C15H31NO2. The van der Waals surface area contributed by atoms with E-state index in [-0.39, 0.29) is 6.10 Å². The Morgan fingerprint density at radius 3 is 2.56 bits per heavy atom. The van der Waals surface area contributed by atoms with Crippen LogP contribution in [0.3, 0.4) is 0 Å². The van der Waals surface area contributed by atoms with Gasteiger partial charge in [-0.05, 0) is 37.1 Å². The van der Waals surface area contributed by atoms with E-state index in [0.29, 0.717) is 18.1 Å². The Bertz CT molecular complexity index is 225. The maximum atomic E-state index is 9.64. The molecule has 0 spiro atoms. The second-order valence-electron chi connectivity index (χ2n) is 6.72. The predicted molar refractivity (Wildman–Crippen MR) is 75.7 cm³/mol. The minimum atomic E-state index is -0.334. The minimum Gasteiger partial charge on any atom is -0.391 e. The van der Waals surface area contributed by atoms with E-state index >= 15 is 0 Å². The van der Waals surface area contributed by atoms with Crippen LogP contribution >= 0.6 is 0 Å². The highest BCUT2D eigenvalue weighted by molar-refractivity contribution is 4.88. The number of rotatable bonds is 6. The summed E-state index contributed by atoms with van der Waals surface area (Å²) in [7, 11) is 1.63. The van der Waals surface area contributed by atoms with E-state index < -0.39 is 0 Å². The van der Waals surface area contributed by atoms with Crippen LogP contribution in [0.5, 0.6) is 0 Å². The summed E-state index contributed by atoms with van der Waals surface area (Å²) in [5, 5.41) is 13.3. The molecule has 1 aliphatic rings. The second kappa shape index (κ2) is 7.46. The molecule has 1 fully saturated rings. The van der Waals surface area contributed by atoms with Crippen LogP contribution in [0.4, 0.5) is 0 Å². The van der Waals surface area contributed by atoms with E-state index in [1.807, 2.05) is 0 Å². The molecule has 1 aliphatic carbocycles. The van der Waals surface area contributed by atoms with Crippen molar-refractivity contribution in [2.24, 2.45) is 11.3 Å². The molecule has 3 heteroatoms. The number of aliphatic hydroxyl groups excluding tert-OH is 1. The van der Waals surface area contributed by atoms with Gasteiger partial charge < -0.3 is 15.2 Å². The Hall–Kier alpha value is -0.120. The molecule has 1 saturated carbocycles. The lowest BCUT2D eigenvalue weighted by molar-refractivity contribution is 0.0564. The Morgan fingerprint density at radius 1 is 1.28 bits per heavy atom. The maximum Gasteiger partial charge on any atom is 0.0785 e. The third-order valence-corrected chi connectivity index (χ3v) is 4.12. The van der Waals surface area contributed by atoms with Crippen molar-refractivity contribution < 1.29 is 9.84 Å². The fourth-order valence-corrected chi connectivity index (χ4v) is 3.12. The third-order valence-electron chi connectivity index (χ3n) is 4.12. The number of hydrogen-bond donors (Lipinski definition) is 2. The summed E-state index contributed by atoms with van der Waals surface area (Å²) in [6, 6.07) is 0.619. The standard InChI is InChI=1S/C15H31NO2/c1-15(2,3)13-7-5-6-8-14(13)16-10-9-12(17)11-18-4/h12-14,16-17H,5-11H2,1-4H3. The van der Waals surface area contributed by atoms with Gasteiger partial charge in [-0.15, -0.1) is 0 Å². The van der Waals surface area contributed by atoms with Crippen molar-refractivity contribution in [3.05, 3.63) is 0 Å². The Kier molecular flexibility index (Phi) is 6.61. The summed E-state index contributed by atoms with van der Waals surface area (Å²) >= 11 is 0. The molecule has 0 saturated heterocycles. The summed E-state index contributed by atoms with van der Waals surface area (Å²) in [6.07, 6.45) is 5.77. The minimum absolute atomic E-state index is 0.334. The zero-order chi connectivity index (χ0) is 13.6. The molecule has 0 radical (unpaired) electrons. The van der Waals surface area contributed by atoms with Crippen molar-refractivity contribution >= 4 is 0 Å². The van der Waals surface area contributed by atoms with Crippen molar-refractivity contribution in [2.75, 3.05) is 20.3 Å². The highest BCUT2D eigenvalue weighted by Crippen LogP contribution is 2.37. The Morgan fingerprint density at radius 2 is 1.94 bits per heavy atom. The van der Waals surface area contributed by atoms with E-state index in [9.17, 15) is 5.11 Å². The van der Waals surface area contributed by atoms with E-state index in [1.165, 1.54) is 25.7 Å². The maximum absolute atomic E-state index is 9.64. The van der Waals surface area contributed by atoms with Crippen LogP contribution in [0.25, 0.3) is 0 Å². The normalized spacial score (nSPS) is 27.2. The van der Waals surface area contributed by atoms with Crippen LogP contribution in [0, 0.1) is 11.3 Å². The van der Waals surface area contributed by atoms with Gasteiger partial charge in [-0.25, -0.2) is 0 Å². The first kappa shape index (κ1) is 15.9. The quantitative estimate of drug-likeness (QED) is 0.768. The molecule has 3 unspecified atom stereocenters. The Balaban J connectivity index is 2.34. The molecule has 0 heterocycles. The lowest BCUT2D eigenvalue weighted by Crippen LogP contribution is -2.45. The molecule has 1 rings (SSSR count). The smallest absolute Gasteiger partial charge is 0.0785 e. The van der Waals surface area contributed by atoms with Gasteiger partial charge in [0.05, 0.1) is 12.7 Å². The van der Waals surface area contributed by atoms with E-state index in [1.54, 1.807) is 7.11 Å². The number of nitrogens with one attached hydrogen (secondary N) is 1. The average molecular weight is 257 g/mol. The van der Waals surface area contributed by atoms with Crippen LogP contribution < -0.4 is 5.32 Å². The summed E-state index contributed by atoms with van der Waals surface area (Å²) in [5.74, 6) is 0.755. The molecule has 0 aromatic carbocycles. The number of methoxy groups -OCH3 is 1. The first-order chi connectivity index (χ1) is 8.45. The van der Waals surface area contributed by atoms with Crippen LogP contribution in [-0.2, 0) is 4.74 Å². The van der Waals surface area contributed by atoms with Gasteiger partial charge in [-0.3, -0.25) is 0 Å². The second-order valence-corrected chi connectivity index (χ2v) is 6.72. The van der Waals surface area contributed by atoms with E-state index in [4.69, 9.17) is 4.74 Å². The van der Waals surface area contributed by atoms with E-state index in [2.05, 4.69) is 26.1 Å². The summed E-state index contributed by atoms with van der Waals surface area (Å²) < 4.78 is 4.94. The molecule has 0 bridgehead atoms. The zero-order valence-corrected chi connectivity index (χ0v) is 12.5. The molecule has 108 valence electrons. The molecule has 3 atom stereocenters. The largest absolute Gasteiger partial charge is 0.391 e. The van der Waals surface area contributed by atoms with Gasteiger partial charge in [0.25, 0.3) is 0 Å². The zero-order valence-electron chi connectivity index (χ0n) is 12.5. The van der Waals surface area contributed by atoms with Gasteiger partial charge in [0, 0.05) is 13.2 Å². The van der Waals surface area contributed by atoms with Gasteiger partial charge in [0.2, 0.25) is 0 Å². The molecule has 0 aromatic rings. The van der Waals surface area contributed by atoms with Crippen molar-refractivity contribution in [3.63, 3.8) is 0 Å². The van der Waals surface area contributed by atoms with Crippen LogP contribution in [-0.4, -0.2) is 37.5 Å². The highest BCUT2D eigenvalue weighted by Gasteiger charge is 2.33. The first-order valence-corrected chi connectivity index (χ1v) is 7.35. The molecule has 3 nitrogen and oxygen atoms in total. The lowest BCUT2D eigenvalue weighted by Gasteiger charge is -2.41. The monoisotopic (exact) mass is 257 g/mol. The fourth-order valence-electron chi connectivity index (χ4n) is 3.12. The van der Waals surface area contributed by atoms with Crippen molar-refractivity contribution in [1.29, 1.82) is 0 Å². The van der Waals surface area contributed by atoms with Crippen LogP contribution in [0.2, 0.25) is 0 Å². The fraction of sp³-hybridized carbons (Fsp3) is 1.00. The topological polar surface area (TPSA) is 41.5 Å². The van der Waals surface area contributed by atoms with Crippen LogP contribution in [0.15, 0.2) is 0 Å². The number of hydrogen-bond acceptors (Lipinski definition) is 3. The van der Waals surface area contributed by atoms with Crippen molar-refractivity contribution in [2.45, 2.75) is 65.0 Å². The summed E-state index contributed by atoms with van der Waals surface area (Å²) in [4.78, 5) is 0. The van der Waals surface area contributed by atoms with Gasteiger partial charge >= 0.3 is 0 Å². The third kappa shape index (κ3) is 5.25. The SMILES string of the molecule is COCC(O)CCNC1CCCCC1C(C)(C)C. The highest BCUT2D eigenvalue weighted by atomic mass is 16.5. The summed E-state index contributed by atoms with van der Waals surface area (Å²) in [5.41, 5.74) is 0.378. The van der Waals surface area contributed by atoms with Gasteiger partial charge in [0.1, 0.15) is 0 Å². The molecule has 0 aromatic heterocycles.